The maximum atomic E-state index is 12.8. The van der Waals surface area contributed by atoms with E-state index in [1.165, 1.54) is 0 Å². The summed E-state index contributed by atoms with van der Waals surface area (Å²) in [5.41, 5.74) is 4.82. The monoisotopic (exact) mass is 393 g/mol. The highest BCUT2D eigenvalue weighted by Crippen LogP contribution is 2.23. The van der Waals surface area contributed by atoms with Crippen molar-refractivity contribution in [2.75, 3.05) is 0 Å². The molecule has 3 heterocycles. The van der Waals surface area contributed by atoms with Crippen LogP contribution in [0.1, 0.15) is 21.5 Å². The van der Waals surface area contributed by atoms with E-state index >= 15 is 0 Å². The molecule has 5 heteroatoms. The van der Waals surface area contributed by atoms with Gasteiger partial charge in [-0.25, -0.2) is 9.78 Å². The van der Waals surface area contributed by atoms with Crippen molar-refractivity contribution in [3.05, 3.63) is 108 Å². The molecule has 0 saturated heterocycles. The second-order valence-corrected chi connectivity index (χ2v) is 6.58. The molecule has 0 aliphatic heterocycles. The summed E-state index contributed by atoms with van der Waals surface area (Å²) in [6.45, 7) is 3.92. The van der Waals surface area contributed by atoms with Gasteiger partial charge in [-0.2, -0.15) is 0 Å². The Labute approximate surface area is 174 Å². The SMILES string of the molecule is C=Cc1ccc(COC(=O)c2cc(-c3ccccn3)nc(-c3ccccn3)c2)cc1. The third-order valence-corrected chi connectivity index (χ3v) is 4.50. The first-order valence-corrected chi connectivity index (χ1v) is 9.46. The minimum absolute atomic E-state index is 0.177. The number of hydrogen-bond acceptors (Lipinski definition) is 5. The molecule has 0 aliphatic carbocycles. The van der Waals surface area contributed by atoms with Crippen molar-refractivity contribution in [3.63, 3.8) is 0 Å². The summed E-state index contributed by atoms with van der Waals surface area (Å²) in [6, 6.07) is 22.2. The van der Waals surface area contributed by atoms with E-state index in [4.69, 9.17) is 4.74 Å². The van der Waals surface area contributed by atoms with Crippen molar-refractivity contribution < 1.29 is 9.53 Å². The van der Waals surface area contributed by atoms with Gasteiger partial charge < -0.3 is 4.74 Å². The molecule has 0 saturated carbocycles. The van der Waals surface area contributed by atoms with Crippen LogP contribution in [-0.2, 0) is 11.3 Å². The van der Waals surface area contributed by atoms with Crippen LogP contribution in [0, 0.1) is 0 Å². The Morgan fingerprint density at radius 2 is 1.43 bits per heavy atom. The predicted octanol–water partition coefficient (Wildman–Crippen LogP) is 5.21. The number of nitrogens with zero attached hydrogens (tertiary/aromatic N) is 3. The summed E-state index contributed by atoms with van der Waals surface area (Å²) in [7, 11) is 0. The Morgan fingerprint density at radius 1 is 0.833 bits per heavy atom. The lowest BCUT2D eigenvalue weighted by Crippen LogP contribution is -2.07. The lowest BCUT2D eigenvalue weighted by Gasteiger charge is -2.09. The third kappa shape index (κ3) is 4.47. The van der Waals surface area contributed by atoms with Crippen LogP contribution in [0.15, 0.2) is 91.8 Å². The Hall–Kier alpha value is -4.12. The molecule has 3 aromatic heterocycles. The third-order valence-electron chi connectivity index (χ3n) is 4.50. The molecule has 0 N–H and O–H groups in total. The van der Waals surface area contributed by atoms with Gasteiger partial charge in [0.15, 0.2) is 0 Å². The number of ether oxygens (including phenoxy) is 1. The zero-order chi connectivity index (χ0) is 20.8. The van der Waals surface area contributed by atoms with E-state index in [-0.39, 0.29) is 6.61 Å². The first-order valence-electron chi connectivity index (χ1n) is 9.46. The molecular formula is C25H19N3O2. The number of rotatable bonds is 6. The highest BCUT2D eigenvalue weighted by Gasteiger charge is 2.15. The number of benzene rings is 1. The molecule has 4 rings (SSSR count). The molecule has 0 unspecified atom stereocenters. The van der Waals surface area contributed by atoms with Gasteiger partial charge in [0, 0.05) is 12.4 Å². The van der Waals surface area contributed by atoms with E-state index in [9.17, 15) is 4.79 Å². The second kappa shape index (κ2) is 8.92. The minimum atomic E-state index is -0.431. The average molecular weight is 393 g/mol. The maximum absolute atomic E-state index is 12.8. The van der Waals surface area contributed by atoms with Crippen LogP contribution >= 0.6 is 0 Å². The summed E-state index contributed by atoms with van der Waals surface area (Å²) in [6.07, 6.45) is 5.15. The summed E-state index contributed by atoms with van der Waals surface area (Å²) in [5.74, 6) is -0.431. The van der Waals surface area contributed by atoms with Crippen LogP contribution in [-0.4, -0.2) is 20.9 Å². The van der Waals surface area contributed by atoms with Crippen LogP contribution in [0.25, 0.3) is 28.9 Å². The van der Waals surface area contributed by atoms with E-state index < -0.39 is 5.97 Å². The summed E-state index contributed by atoms with van der Waals surface area (Å²) < 4.78 is 5.54. The number of carbonyl (C=O) groups excluding carboxylic acids is 1. The molecule has 4 aromatic rings. The van der Waals surface area contributed by atoms with Gasteiger partial charge in [-0.05, 0) is 47.5 Å². The molecule has 0 spiro atoms. The van der Waals surface area contributed by atoms with E-state index in [0.717, 1.165) is 11.1 Å². The fourth-order valence-electron chi connectivity index (χ4n) is 2.92. The molecule has 30 heavy (non-hydrogen) atoms. The number of esters is 1. The van der Waals surface area contributed by atoms with Crippen LogP contribution in [0.3, 0.4) is 0 Å². The number of aromatic nitrogens is 3. The summed E-state index contributed by atoms with van der Waals surface area (Å²) >= 11 is 0. The topological polar surface area (TPSA) is 65.0 Å². The first-order chi connectivity index (χ1) is 14.7. The fraction of sp³-hybridized carbons (Fsp3) is 0.0400. The average Bonchev–Trinajstić information content (AvgIpc) is 2.83. The van der Waals surface area contributed by atoms with E-state index in [0.29, 0.717) is 28.3 Å². The van der Waals surface area contributed by atoms with Crippen molar-refractivity contribution in [1.29, 1.82) is 0 Å². The predicted molar refractivity (Wildman–Crippen MR) is 116 cm³/mol. The van der Waals surface area contributed by atoms with Gasteiger partial charge in [0.25, 0.3) is 0 Å². The van der Waals surface area contributed by atoms with Gasteiger partial charge in [-0.1, -0.05) is 49.1 Å². The van der Waals surface area contributed by atoms with E-state index in [1.54, 1.807) is 30.6 Å². The maximum Gasteiger partial charge on any atom is 0.338 e. The zero-order valence-electron chi connectivity index (χ0n) is 16.2. The Balaban J connectivity index is 1.63. The lowest BCUT2D eigenvalue weighted by atomic mass is 10.1. The Bertz CT molecular complexity index is 1100. The van der Waals surface area contributed by atoms with Gasteiger partial charge in [0.1, 0.15) is 6.61 Å². The van der Waals surface area contributed by atoms with Crippen molar-refractivity contribution >= 4 is 12.0 Å². The smallest absolute Gasteiger partial charge is 0.338 e. The molecule has 1 aromatic carbocycles. The van der Waals surface area contributed by atoms with Crippen molar-refractivity contribution in [2.45, 2.75) is 6.61 Å². The van der Waals surface area contributed by atoms with Crippen LogP contribution < -0.4 is 0 Å². The fourth-order valence-corrected chi connectivity index (χ4v) is 2.92. The Morgan fingerprint density at radius 3 is 1.93 bits per heavy atom. The lowest BCUT2D eigenvalue weighted by molar-refractivity contribution is 0.0472. The van der Waals surface area contributed by atoms with Gasteiger partial charge in [0.05, 0.1) is 28.3 Å². The minimum Gasteiger partial charge on any atom is -0.457 e. The largest absolute Gasteiger partial charge is 0.457 e. The van der Waals surface area contributed by atoms with Crippen LogP contribution in [0.5, 0.6) is 0 Å². The van der Waals surface area contributed by atoms with E-state index in [1.807, 2.05) is 60.7 Å². The molecule has 0 bridgehead atoms. The molecule has 0 amide bonds. The highest BCUT2D eigenvalue weighted by atomic mass is 16.5. The standard InChI is InChI=1S/C25H19N3O2/c1-2-18-9-11-19(12-10-18)17-30-25(29)20-15-23(21-7-3-5-13-26-21)28-24(16-20)22-8-4-6-14-27-22/h2-16H,1,17H2. The number of hydrogen-bond donors (Lipinski definition) is 0. The molecule has 0 atom stereocenters. The highest BCUT2D eigenvalue weighted by molar-refractivity contribution is 5.91. The zero-order valence-corrected chi connectivity index (χ0v) is 16.2. The molecule has 146 valence electrons. The van der Waals surface area contributed by atoms with Crippen molar-refractivity contribution in [3.8, 4) is 22.8 Å². The Kier molecular flexibility index (Phi) is 5.71. The van der Waals surface area contributed by atoms with Crippen molar-refractivity contribution in [1.82, 2.24) is 15.0 Å². The number of pyridine rings is 3. The summed E-state index contributed by atoms with van der Waals surface area (Å²) in [5, 5.41) is 0. The summed E-state index contributed by atoms with van der Waals surface area (Å²) in [4.78, 5) is 26.2. The van der Waals surface area contributed by atoms with Crippen LogP contribution in [0.2, 0.25) is 0 Å². The molecule has 0 fully saturated rings. The van der Waals surface area contributed by atoms with Crippen LogP contribution in [0.4, 0.5) is 0 Å². The van der Waals surface area contributed by atoms with Gasteiger partial charge >= 0.3 is 5.97 Å². The number of carbonyl (C=O) groups is 1. The molecule has 0 radical (unpaired) electrons. The van der Waals surface area contributed by atoms with Gasteiger partial charge in [0.2, 0.25) is 0 Å². The van der Waals surface area contributed by atoms with E-state index in [2.05, 4.69) is 21.5 Å². The van der Waals surface area contributed by atoms with Gasteiger partial charge in [-0.15, -0.1) is 0 Å². The second-order valence-electron chi connectivity index (χ2n) is 6.58. The molecule has 0 aliphatic rings. The van der Waals surface area contributed by atoms with Crippen molar-refractivity contribution in [2.24, 2.45) is 0 Å². The quantitative estimate of drug-likeness (QED) is 0.421. The normalized spacial score (nSPS) is 10.4. The van der Waals surface area contributed by atoms with Gasteiger partial charge in [-0.3, -0.25) is 9.97 Å². The molecular weight excluding hydrogens is 374 g/mol. The molecule has 5 nitrogen and oxygen atoms in total. The first kappa shape index (κ1) is 19.2.